The number of benzene rings is 1. The zero-order valence-electron chi connectivity index (χ0n) is 11.5. The molecule has 2 unspecified atom stereocenters. The van der Waals surface area contributed by atoms with Crippen LogP contribution >= 0.6 is 0 Å². The molecule has 0 aromatic heterocycles. The third-order valence-corrected chi connectivity index (χ3v) is 3.61. The Balaban J connectivity index is 1.84. The van der Waals surface area contributed by atoms with E-state index in [1.54, 1.807) is 24.3 Å². The van der Waals surface area contributed by atoms with E-state index in [0.717, 1.165) is 13.1 Å². The maximum atomic E-state index is 11.9. The molecular formula is C15H19N3O2. The lowest BCUT2D eigenvalue weighted by molar-refractivity contribution is -0.118. The Labute approximate surface area is 118 Å². The van der Waals surface area contributed by atoms with Crippen LogP contribution in [0.2, 0.25) is 0 Å². The van der Waals surface area contributed by atoms with Gasteiger partial charge in [0.15, 0.2) is 0 Å². The Kier molecular flexibility index (Phi) is 4.72. The smallest absolute Gasteiger partial charge is 0.238 e. The topological polar surface area (TPSA) is 76.4 Å². The Morgan fingerprint density at radius 3 is 2.80 bits per heavy atom. The number of nitrogens with one attached hydrogen (secondary N) is 1. The number of carbonyl (C=O) groups is 1. The van der Waals surface area contributed by atoms with Crippen LogP contribution in [-0.2, 0) is 4.79 Å². The summed E-state index contributed by atoms with van der Waals surface area (Å²) >= 11 is 0. The number of anilines is 1. The first-order chi connectivity index (χ1) is 9.58. The number of likely N-dealkylation sites (tertiary alicyclic amines) is 1. The largest absolute Gasteiger partial charge is 0.393 e. The molecule has 1 amide bonds. The molecule has 1 aromatic carbocycles. The lowest BCUT2D eigenvalue weighted by atomic mass is 9.97. The summed E-state index contributed by atoms with van der Waals surface area (Å²) in [6.07, 6.45) is 0.457. The van der Waals surface area contributed by atoms with Crippen molar-refractivity contribution in [1.29, 1.82) is 5.26 Å². The van der Waals surface area contributed by atoms with Crippen LogP contribution in [0.25, 0.3) is 0 Å². The average molecular weight is 273 g/mol. The lowest BCUT2D eigenvalue weighted by Gasteiger charge is -2.33. The fraction of sp³-hybridized carbons (Fsp3) is 0.467. The Morgan fingerprint density at radius 2 is 2.20 bits per heavy atom. The molecule has 0 radical (unpaired) electrons. The van der Waals surface area contributed by atoms with E-state index in [4.69, 9.17) is 5.26 Å². The summed E-state index contributed by atoms with van der Waals surface area (Å²) in [5, 5.41) is 21.2. The first-order valence-electron chi connectivity index (χ1n) is 6.79. The van der Waals surface area contributed by atoms with Crippen LogP contribution in [0.15, 0.2) is 24.3 Å². The van der Waals surface area contributed by atoms with E-state index in [0.29, 0.717) is 24.2 Å². The van der Waals surface area contributed by atoms with Crippen molar-refractivity contribution < 1.29 is 9.90 Å². The minimum absolute atomic E-state index is 0.0710. The van der Waals surface area contributed by atoms with Crippen molar-refractivity contribution in [2.75, 3.05) is 25.0 Å². The number of piperidine rings is 1. The second-order valence-corrected chi connectivity index (χ2v) is 5.31. The molecule has 1 aliphatic rings. The molecule has 2 N–H and O–H groups in total. The summed E-state index contributed by atoms with van der Waals surface area (Å²) in [6, 6.07) is 8.83. The van der Waals surface area contributed by atoms with Gasteiger partial charge in [0, 0.05) is 18.8 Å². The first kappa shape index (κ1) is 14.5. The number of carbonyl (C=O) groups excluding carboxylic acids is 1. The zero-order chi connectivity index (χ0) is 14.5. The summed E-state index contributed by atoms with van der Waals surface area (Å²) in [6.45, 7) is 3.81. The van der Waals surface area contributed by atoms with Gasteiger partial charge in [-0.3, -0.25) is 9.69 Å². The highest BCUT2D eigenvalue weighted by Gasteiger charge is 2.25. The van der Waals surface area contributed by atoms with E-state index in [2.05, 4.69) is 10.2 Å². The van der Waals surface area contributed by atoms with Crippen LogP contribution in [0.4, 0.5) is 5.69 Å². The van der Waals surface area contributed by atoms with Gasteiger partial charge in [-0.05, 0) is 36.6 Å². The highest BCUT2D eigenvalue weighted by atomic mass is 16.3. The first-order valence-corrected chi connectivity index (χ1v) is 6.79. The number of nitriles is 1. The second kappa shape index (κ2) is 6.51. The minimum Gasteiger partial charge on any atom is -0.393 e. The van der Waals surface area contributed by atoms with Crippen molar-refractivity contribution in [1.82, 2.24) is 4.90 Å². The number of aliphatic hydroxyl groups excluding tert-OH is 1. The van der Waals surface area contributed by atoms with Crippen molar-refractivity contribution in [2.45, 2.75) is 19.4 Å². The summed E-state index contributed by atoms with van der Waals surface area (Å²) in [5.74, 6) is 0.129. The van der Waals surface area contributed by atoms with E-state index in [-0.39, 0.29) is 17.9 Å². The van der Waals surface area contributed by atoms with Gasteiger partial charge in [-0.25, -0.2) is 0 Å². The number of aliphatic hydroxyl groups is 1. The van der Waals surface area contributed by atoms with Gasteiger partial charge < -0.3 is 10.4 Å². The van der Waals surface area contributed by atoms with Gasteiger partial charge in [0.2, 0.25) is 5.91 Å². The van der Waals surface area contributed by atoms with E-state index < -0.39 is 0 Å². The average Bonchev–Trinajstić information content (AvgIpc) is 2.44. The molecule has 2 rings (SSSR count). The quantitative estimate of drug-likeness (QED) is 0.867. The maximum Gasteiger partial charge on any atom is 0.238 e. The zero-order valence-corrected chi connectivity index (χ0v) is 11.5. The van der Waals surface area contributed by atoms with Crippen molar-refractivity contribution in [3.63, 3.8) is 0 Å². The number of hydrogen-bond donors (Lipinski definition) is 2. The fourth-order valence-electron chi connectivity index (χ4n) is 2.39. The molecule has 20 heavy (non-hydrogen) atoms. The van der Waals surface area contributed by atoms with Gasteiger partial charge in [0.25, 0.3) is 0 Å². The highest BCUT2D eigenvalue weighted by molar-refractivity contribution is 5.92. The summed E-state index contributed by atoms with van der Waals surface area (Å²) in [5.41, 5.74) is 1.26. The molecular weight excluding hydrogens is 254 g/mol. The highest BCUT2D eigenvalue weighted by Crippen LogP contribution is 2.16. The molecule has 0 aliphatic carbocycles. The SMILES string of the molecule is CC1CN(CC(=O)Nc2ccc(C#N)cc2)CCC1O. The Bertz CT molecular complexity index is 507. The van der Waals surface area contributed by atoms with Crippen molar-refractivity contribution in [2.24, 2.45) is 5.92 Å². The molecule has 1 saturated heterocycles. The molecule has 5 nitrogen and oxygen atoms in total. The summed E-state index contributed by atoms with van der Waals surface area (Å²) in [4.78, 5) is 14.0. The predicted octanol–water partition coefficient (Wildman–Crippen LogP) is 1.20. The molecule has 2 atom stereocenters. The third-order valence-electron chi connectivity index (χ3n) is 3.61. The number of hydrogen-bond acceptors (Lipinski definition) is 4. The normalized spacial score (nSPS) is 23.1. The third kappa shape index (κ3) is 3.80. The van der Waals surface area contributed by atoms with Gasteiger partial charge in [-0.15, -0.1) is 0 Å². The predicted molar refractivity (Wildman–Crippen MR) is 76.0 cm³/mol. The van der Waals surface area contributed by atoms with Gasteiger partial charge in [0.05, 0.1) is 24.3 Å². The minimum atomic E-state index is -0.257. The number of nitrogens with zero attached hydrogens (tertiary/aromatic N) is 2. The molecule has 5 heteroatoms. The monoisotopic (exact) mass is 273 g/mol. The molecule has 0 saturated carbocycles. The maximum absolute atomic E-state index is 11.9. The van der Waals surface area contributed by atoms with Crippen LogP contribution in [-0.4, -0.2) is 41.7 Å². The van der Waals surface area contributed by atoms with Crippen molar-refractivity contribution in [3.8, 4) is 6.07 Å². The van der Waals surface area contributed by atoms with E-state index >= 15 is 0 Å². The molecule has 1 heterocycles. The van der Waals surface area contributed by atoms with Crippen LogP contribution in [0.5, 0.6) is 0 Å². The van der Waals surface area contributed by atoms with Crippen molar-refractivity contribution >= 4 is 11.6 Å². The number of rotatable bonds is 3. The van der Waals surface area contributed by atoms with Crippen LogP contribution in [0.1, 0.15) is 18.9 Å². The summed E-state index contributed by atoms with van der Waals surface area (Å²) < 4.78 is 0. The van der Waals surface area contributed by atoms with Gasteiger partial charge >= 0.3 is 0 Å². The summed E-state index contributed by atoms with van der Waals surface area (Å²) in [7, 11) is 0. The Morgan fingerprint density at radius 1 is 1.50 bits per heavy atom. The molecule has 106 valence electrons. The van der Waals surface area contributed by atoms with Gasteiger partial charge in [-0.1, -0.05) is 6.92 Å². The van der Waals surface area contributed by atoms with Crippen LogP contribution < -0.4 is 5.32 Å². The van der Waals surface area contributed by atoms with Crippen LogP contribution in [0.3, 0.4) is 0 Å². The molecule has 0 bridgehead atoms. The molecule has 1 aliphatic heterocycles. The number of amides is 1. The Hall–Kier alpha value is -1.90. The van der Waals surface area contributed by atoms with Gasteiger partial charge in [-0.2, -0.15) is 5.26 Å². The van der Waals surface area contributed by atoms with Crippen LogP contribution in [0, 0.1) is 17.2 Å². The second-order valence-electron chi connectivity index (χ2n) is 5.31. The van der Waals surface area contributed by atoms with Gasteiger partial charge in [0.1, 0.15) is 0 Å². The lowest BCUT2D eigenvalue weighted by Crippen LogP contribution is -2.45. The molecule has 1 aromatic rings. The van der Waals surface area contributed by atoms with E-state index in [1.165, 1.54) is 0 Å². The van der Waals surface area contributed by atoms with Crippen molar-refractivity contribution in [3.05, 3.63) is 29.8 Å². The van der Waals surface area contributed by atoms with E-state index in [1.807, 2.05) is 13.0 Å². The fourth-order valence-corrected chi connectivity index (χ4v) is 2.39. The molecule has 1 fully saturated rings. The van der Waals surface area contributed by atoms with E-state index in [9.17, 15) is 9.90 Å². The molecule has 0 spiro atoms. The standard InChI is InChI=1S/C15H19N3O2/c1-11-9-18(7-6-14(11)19)10-15(20)17-13-4-2-12(8-16)3-5-13/h2-5,11,14,19H,6-7,9-10H2,1H3,(H,17,20).